The lowest BCUT2D eigenvalue weighted by atomic mass is 10.0. The van der Waals surface area contributed by atoms with Gasteiger partial charge < -0.3 is 4.98 Å². The number of aryl methyl sites for hydroxylation is 2. The molecule has 3 rings (SSSR count). The van der Waals surface area contributed by atoms with Crippen LogP contribution in [0.3, 0.4) is 0 Å². The number of benzene rings is 2. The summed E-state index contributed by atoms with van der Waals surface area (Å²) in [4.78, 5) is 3.50. The van der Waals surface area contributed by atoms with Crippen LogP contribution < -0.4 is 0 Å². The molecule has 1 heteroatoms. The molecule has 0 fully saturated rings. The first-order chi connectivity index (χ1) is 10.7. The second kappa shape index (κ2) is 7.65. The summed E-state index contributed by atoms with van der Waals surface area (Å²) >= 11 is 0. The molecule has 0 aliphatic rings. The van der Waals surface area contributed by atoms with Gasteiger partial charge in [-0.05, 0) is 55.5 Å². The lowest BCUT2D eigenvalue weighted by Crippen LogP contribution is -1.89. The molecule has 0 saturated carbocycles. The number of nitrogens with one attached hydrogen (secondary N) is 1. The Labute approximate surface area is 133 Å². The number of aromatic amines is 1. The zero-order chi connectivity index (χ0) is 15.9. The molecule has 0 unspecified atom stereocenters. The van der Waals surface area contributed by atoms with Crippen molar-refractivity contribution in [1.82, 2.24) is 4.98 Å². The van der Waals surface area contributed by atoms with Gasteiger partial charge in [0.25, 0.3) is 0 Å². The first kappa shape index (κ1) is 16.1. The van der Waals surface area contributed by atoms with E-state index in [9.17, 15) is 0 Å². The summed E-state index contributed by atoms with van der Waals surface area (Å²) in [5.74, 6) is 0. The standard InChI is InChI=1S/C18H19N.C3H6/c1-3-14-9-10-18-17(11-14)16(13(2)19-18)12-15-7-5-4-6-8-15;1-3-2/h4-11,19H,3,12H2,1-2H3;3H,1H2,2H3. The molecule has 0 aliphatic heterocycles. The van der Waals surface area contributed by atoms with E-state index in [4.69, 9.17) is 0 Å². The monoisotopic (exact) mass is 291 g/mol. The summed E-state index contributed by atoms with van der Waals surface area (Å²) in [6, 6.07) is 17.4. The maximum Gasteiger partial charge on any atom is 0.0459 e. The number of aromatic nitrogens is 1. The van der Waals surface area contributed by atoms with Crippen molar-refractivity contribution in [3.05, 3.63) is 83.6 Å². The third-order valence-electron chi connectivity index (χ3n) is 3.82. The molecule has 0 amide bonds. The molecule has 114 valence electrons. The lowest BCUT2D eigenvalue weighted by Gasteiger charge is -2.03. The molecule has 22 heavy (non-hydrogen) atoms. The second-order valence-corrected chi connectivity index (χ2v) is 5.53. The average Bonchev–Trinajstić information content (AvgIpc) is 2.84. The van der Waals surface area contributed by atoms with Crippen molar-refractivity contribution in [3.63, 3.8) is 0 Å². The Morgan fingerprint density at radius 3 is 2.36 bits per heavy atom. The van der Waals surface area contributed by atoms with Gasteiger partial charge in [-0.2, -0.15) is 0 Å². The predicted octanol–water partition coefficient (Wildman–Crippen LogP) is 5.82. The van der Waals surface area contributed by atoms with E-state index >= 15 is 0 Å². The van der Waals surface area contributed by atoms with Gasteiger partial charge in [0, 0.05) is 16.6 Å². The summed E-state index contributed by atoms with van der Waals surface area (Å²) in [5.41, 5.74) is 6.73. The van der Waals surface area contributed by atoms with Crippen LogP contribution in [0.15, 0.2) is 61.2 Å². The smallest absolute Gasteiger partial charge is 0.0459 e. The maximum atomic E-state index is 3.50. The fourth-order valence-corrected chi connectivity index (χ4v) is 2.68. The zero-order valence-corrected chi connectivity index (χ0v) is 13.8. The molecule has 1 aromatic heterocycles. The highest BCUT2D eigenvalue weighted by Crippen LogP contribution is 2.26. The second-order valence-electron chi connectivity index (χ2n) is 5.53. The summed E-state index contributed by atoms with van der Waals surface area (Å²) in [6.45, 7) is 9.63. The van der Waals surface area contributed by atoms with Gasteiger partial charge >= 0.3 is 0 Å². The molecular formula is C21H25N. The first-order valence-corrected chi connectivity index (χ1v) is 7.90. The molecule has 0 radical (unpaired) electrons. The molecule has 3 aromatic rings. The van der Waals surface area contributed by atoms with E-state index < -0.39 is 0 Å². The topological polar surface area (TPSA) is 15.8 Å². The summed E-state index contributed by atoms with van der Waals surface area (Å²) in [6.07, 6.45) is 3.84. The van der Waals surface area contributed by atoms with Crippen LogP contribution in [0.25, 0.3) is 10.9 Å². The van der Waals surface area contributed by atoms with E-state index in [0.717, 1.165) is 12.8 Å². The molecule has 0 bridgehead atoms. The van der Waals surface area contributed by atoms with Crippen molar-refractivity contribution in [2.24, 2.45) is 0 Å². The van der Waals surface area contributed by atoms with Gasteiger partial charge in [0.05, 0.1) is 0 Å². The van der Waals surface area contributed by atoms with Crippen molar-refractivity contribution < 1.29 is 0 Å². The van der Waals surface area contributed by atoms with Gasteiger partial charge in [0.2, 0.25) is 0 Å². The van der Waals surface area contributed by atoms with E-state index in [2.05, 4.69) is 73.9 Å². The molecular weight excluding hydrogens is 266 g/mol. The van der Waals surface area contributed by atoms with Gasteiger partial charge in [-0.3, -0.25) is 0 Å². The van der Waals surface area contributed by atoms with Crippen molar-refractivity contribution in [3.8, 4) is 0 Å². The van der Waals surface area contributed by atoms with Crippen LogP contribution in [0.5, 0.6) is 0 Å². The van der Waals surface area contributed by atoms with Crippen LogP contribution in [0.2, 0.25) is 0 Å². The van der Waals surface area contributed by atoms with E-state index in [0.29, 0.717) is 0 Å². The summed E-state index contributed by atoms with van der Waals surface area (Å²) < 4.78 is 0. The highest BCUT2D eigenvalue weighted by molar-refractivity contribution is 5.85. The number of fused-ring (bicyclic) bond motifs is 1. The molecule has 0 spiro atoms. The molecule has 2 aromatic carbocycles. The fourth-order valence-electron chi connectivity index (χ4n) is 2.68. The Hall–Kier alpha value is -2.28. The van der Waals surface area contributed by atoms with Crippen LogP contribution >= 0.6 is 0 Å². The number of allylic oxidation sites excluding steroid dienone is 1. The quantitative estimate of drug-likeness (QED) is 0.585. The number of H-pyrrole nitrogens is 1. The number of hydrogen-bond donors (Lipinski definition) is 1. The SMILES string of the molecule is C=CC.CCc1ccc2[nH]c(C)c(Cc3ccccc3)c2c1. The predicted molar refractivity (Wildman–Crippen MR) is 97.5 cm³/mol. The van der Waals surface area contributed by atoms with Crippen LogP contribution in [0, 0.1) is 6.92 Å². The Kier molecular flexibility index (Phi) is 5.60. The van der Waals surface area contributed by atoms with Crippen molar-refractivity contribution in [1.29, 1.82) is 0 Å². The van der Waals surface area contributed by atoms with Crippen LogP contribution in [0.1, 0.15) is 36.2 Å². The largest absolute Gasteiger partial charge is 0.358 e. The van der Waals surface area contributed by atoms with Gasteiger partial charge in [-0.15, -0.1) is 6.58 Å². The van der Waals surface area contributed by atoms with Crippen LogP contribution in [-0.4, -0.2) is 4.98 Å². The Bertz CT molecular complexity index is 735. The fraction of sp³-hybridized carbons (Fsp3) is 0.238. The van der Waals surface area contributed by atoms with E-state index in [-0.39, 0.29) is 0 Å². The lowest BCUT2D eigenvalue weighted by molar-refractivity contribution is 1.14. The third-order valence-corrected chi connectivity index (χ3v) is 3.82. The number of rotatable bonds is 3. The van der Waals surface area contributed by atoms with E-state index in [1.807, 2.05) is 6.92 Å². The first-order valence-electron chi connectivity index (χ1n) is 7.90. The highest BCUT2D eigenvalue weighted by Gasteiger charge is 2.09. The highest BCUT2D eigenvalue weighted by atomic mass is 14.7. The normalized spacial score (nSPS) is 10.1. The minimum atomic E-state index is 1.000. The van der Waals surface area contributed by atoms with Gasteiger partial charge in [-0.1, -0.05) is 49.4 Å². The van der Waals surface area contributed by atoms with Crippen molar-refractivity contribution in [2.45, 2.75) is 33.6 Å². The Morgan fingerprint density at radius 2 is 1.73 bits per heavy atom. The van der Waals surface area contributed by atoms with Crippen molar-refractivity contribution in [2.75, 3.05) is 0 Å². The molecule has 1 nitrogen and oxygen atoms in total. The van der Waals surface area contributed by atoms with Gasteiger partial charge in [0.1, 0.15) is 0 Å². The molecule has 1 N–H and O–H groups in total. The van der Waals surface area contributed by atoms with Crippen molar-refractivity contribution >= 4 is 10.9 Å². The Morgan fingerprint density at radius 1 is 1.05 bits per heavy atom. The number of hydrogen-bond acceptors (Lipinski definition) is 0. The Balaban J connectivity index is 0.000000545. The minimum absolute atomic E-state index is 1.000. The molecule has 0 atom stereocenters. The van der Waals surface area contributed by atoms with Gasteiger partial charge in [0.15, 0.2) is 0 Å². The van der Waals surface area contributed by atoms with E-state index in [1.165, 1.54) is 33.3 Å². The molecule has 1 heterocycles. The minimum Gasteiger partial charge on any atom is -0.358 e. The zero-order valence-electron chi connectivity index (χ0n) is 13.8. The average molecular weight is 291 g/mol. The maximum absolute atomic E-state index is 3.50. The molecule has 0 saturated heterocycles. The van der Waals surface area contributed by atoms with Crippen LogP contribution in [0.4, 0.5) is 0 Å². The van der Waals surface area contributed by atoms with Crippen LogP contribution in [-0.2, 0) is 12.8 Å². The summed E-state index contributed by atoms with van der Waals surface area (Å²) in [5, 5.41) is 1.38. The summed E-state index contributed by atoms with van der Waals surface area (Å²) in [7, 11) is 0. The van der Waals surface area contributed by atoms with Gasteiger partial charge in [-0.25, -0.2) is 0 Å². The van der Waals surface area contributed by atoms with E-state index in [1.54, 1.807) is 6.08 Å². The third kappa shape index (κ3) is 3.67. The molecule has 0 aliphatic carbocycles.